The largest absolute Gasteiger partial charge is 0.466 e. The SMILES string of the molecule is CC.CC1C=CCC1C.CCOC(C)=O. The first-order chi connectivity index (χ1) is 7.07. The van der Waals surface area contributed by atoms with Gasteiger partial charge in [0.05, 0.1) is 6.61 Å². The van der Waals surface area contributed by atoms with E-state index in [0.29, 0.717) is 6.61 Å². The van der Waals surface area contributed by atoms with E-state index in [4.69, 9.17) is 0 Å². The second kappa shape index (κ2) is 11.3. The maximum Gasteiger partial charge on any atom is 0.302 e. The first kappa shape index (κ1) is 16.6. The van der Waals surface area contributed by atoms with E-state index in [-0.39, 0.29) is 5.97 Å². The van der Waals surface area contributed by atoms with E-state index < -0.39 is 0 Å². The summed E-state index contributed by atoms with van der Waals surface area (Å²) in [6.45, 7) is 12.2. The predicted octanol–water partition coefficient (Wildman–Crippen LogP) is 3.81. The molecule has 2 atom stereocenters. The average Bonchev–Trinajstić information content (AvgIpc) is 2.55. The van der Waals surface area contributed by atoms with Gasteiger partial charge in [-0.15, -0.1) is 0 Å². The molecule has 90 valence electrons. The van der Waals surface area contributed by atoms with Crippen LogP contribution < -0.4 is 0 Å². The molecule has 0 aromatic carbocycles. The molecule has 0 fully saturated rings. The molecule has 1 aliphatic rings. The molecule has 0 amide bonds. The van der Waals surface area contributed by atoms with Crippen LogP contribution in [0, 0.1) is 11.8 Å². The van der Waals surface area contributed by atoms with Gasteiger partial charge in [0.25, 0.3) is 0 Å². The molecule has 2 unspecified atom stereocenters. The zero-order valence-electron chi connectivity index (χ0n) is 11.0. The molecule has 15 heavy (non-hydrogen) atoms. The van der Waals surface area contributed by atoms with Gasteiger partial charge in [-0.2, -0.15) is 0 Å². The fourth-order valence-electron chi connectivity index (χ4n) is 1.12. The van der Waals surface area contributed by atoms with Gasteiger partial charge < -0.3 is 4.74 Å². The molecule has 2 heteroatoms. The monoisotopic (exact) mass is 214 g/mol. The van der Waals surface area contributed by atoms with Gasteiger partial charge >= 0.3 is 5.97 Å². The summed E-state index contributed by atoms with van der Waals surface area (Å²) in [4.78, 5) is 9.82. The molecule has 0 aliphatic heterocycles. The molecule has 0 spiro atoms. The highest BCUT2D eigenvalue weighted by molar-refractivity contribution is 5.65. The van der Waals surface area contributed by atoms with Gasteiger partial charge in [0.2, 0.25) is 0 Å². The fraction of sp³-hybridized carbons (Fsp3) is 0.769. The lowest BCUT2D eigenvalue weighted by molar-refractivity contribution is -0.140. The highest BCUT2D eigenvalue weighted by Crippen LogP contribution is 2.22. The standard InChI is InChI=1S/C7H12.C4H8O2.C2H6/c1-6-4-3-5-7(6)2;1-3-6-4(2)5;1-2/h3-4,6-7H,5H2,1-2H3;3H2,1-2H3;1-2H3. The van der Waals surface area contributed by atoms with Crippen LogP contribution in [0.4, 0.5) is 0 Å². The molecule has 1 aliphatic carbocycles. The molecule has 0 aromatic rings. The number of carbonyl (C=O) groups excluding carboxylic acids is 1. The van der Waals surface area contributed by atoms with E-state index in [2.05, 4.69) is 30.7 Å². The van der Waals surface area contributed by atoms with Crippen LogP contribution in [0.15, 0.2) is 12.2 Å². The lowest BCUT2D eigenvalue weighted by Crippen LogP contribution is -1.96. The van der Waals surface area contributed by atoms with Crippen molar-refractivity contribution < 1.29 is 9.53 Å². The third-order valence-corrected chi connectivity index (χ3v) is 2.19. The maximum absolute atomic E-state index is 9.82. The van der Waals surface area contributed by atoms with Crippen LogP contribution in [0.1, 0.15) is 48.0 Å². The highest BCUT2D eigenvalue weighted by atomic mass is 16.5. The number of allylic oxidation sites excluding steroid dienone is 2. The lowest BCUT2D eigenvalue weighted by atomic mass is 10.0. The minimum Gasteiger partial charge on any atom is -0.466 e. The number of ether oxygens (including phenoxy) is 1. The van der Waals surface area contributed by atoms with Crippen LogP contribution >= 0.6 is 0 Å². The summed E-state index contributed by atoms with van der Waals surface area (Å²) in [5.74, 6) is 1.53. The Morgan fingerprint density at radius 3 is 2.00 bits per heavy atom. The summed E-state index contributed by atoms with van der Waals surface area (Å²) in [7, 11) is 0. The van der Waals surface area contributed by atoms with Gasteiger partial charge in [0.15, 0.2) is 0 Å². The number of hydrogen-bond acceptors (Lipinski definition) is 2. The van der Waals surface area contributed by atoms with Crippen LogP contribution in [0.2, 0.25) is 0 Å². The Hall–Kier alpha value is -0.790. The van der Waals surface area contributed by atoms with E-state index in [1.165, 1.54) is 13.3 Å². The number of carbonyl (C=O) groups is 1. The first-order valence-corrected chi connectivity index (χ1v) is 5.88. The minimum atomic E-state index is -0.211. The van der Waals surface area contributed by atoms with Crippen molar-refractivity contribution in [1.82, 2.24) is 0 Å². The van der Waals surface area contributed by atoms with Crippen molar-refractivity contribution in [3.63, 3.8) is 0 Å². The first-order valence-electron chi connectivity index (χ1n) is 5.88. The Morgan fingerprint density at radius 1 is 1.40 bits per heavy atom. The summed E-state index contributed by atoms with van der Waals surface area (Å²) in [5, 5.41) is 0. The molecular weight excluding hydrogens is 188 g/mol. The molecule has 0 saturated heterocycles. The van der Waals surface area contributed by atoms with Gasteiger partial charge in [-0.1, -0.05) is 39.8 Å². The topological polar surface area (TPSA) is 26.3 Å². The molecule has 0 saturated carbocycles. The number of hydrogen-bond donors (Lipinski definition) is 0. The summed E-state index contributed by atoms with van der Waals surface area (Å²) < 4.78 is 4.40. The van der Waals surface area contributed by atoms with Crippen molar-refractivity contribution >= 4 is 5.97 Å². The molecule has 0 radical (unpaired) electrons. The van der Waals surface area contributed by atoms with Crippen LogP contribution in [-0.4, -0.2) is 12.6 Å². The van der Waals surface area contributed by atoms with Gasteiger partial charge in [-0.3, -0.25) is 4.79 Å². The van der Waals surface area contributed by atoms with Crippen LogP contribution in [-0.2, 0) is 9.53 Å². The zero-order valence-corrected chi connectivity index (χ0v) is 11.0. The van der Waals surface area contributed by atoms with Crippen LogP contribution in [0.25, 0.3) is 0 Å². The van der Waals surface area contributed by atoms with E-state index in [9.17, 15) is 4.79 Å². The zero-order chi connectivity index (χ0) is 12.3. The summed E-state index contributed by atoms with van der Waals surface area (Å²) in [5.41, 5.74) is 0. The summed E-state index contributed by atoms with van der Waals surface area (Å²) in [6, 6.07) is 0. The molecule has 0 aromatic heterocycles. The van der Waals surface area contributed by atoms with Crippen molar-refractivity contribution in [2.45, 2.75) is 48.0 Å². The lowest BCUT2D eigenvalue weighted by Gasteiger charge is -2.04. The summed E-state index contributed by atoms with van der Waals surface area (Å²) >= 11 is 0. The quantitative estimate of drug-likeness (QED) is 0.490. The third-order valence-electron chi connectivity index (χ3n) is 2.19. The van der Waals surface area contributed by atoms with Crippen molar-refractivity contribution in [3.8, 4) is 0 Å². The van der Waals surface area contributed by atoms with Gasteiger partial charge in [-0.05, 0) is 25.2 Å². The van der Waals surface area contributed by atoms with Gasteiger partial charge in [0, 0.05) is 6.92 Å². The second-order valence-electron chi connectivity index (χ2n) is 3.42. The Bertz CT molecular complexity index is 173. The molecule has 1 rings (SSSR count). The van der Waals surface area contributed by atoms with E-state index in [0.717, 1.165) is 11.8 Å². The molecule has 0 bridgehead atoms. The Morgan fingerprint density at radius 2 is 1.93 bits per heavy atom. The van der Waals surface area contributed by atoms with E-state index in [1.54, 1.807) is 6.92 Å². The Labute approximate surface area is 94.7 Å². The minimum absolute atomic E-state index is 0.211. The van der Waals surface area contributed by atoms with E-state index in [1.807, 2.05) is 13.8 Å². The number of esters is 1. The normalized spacial score (nSPS) is 22.0. The van der Waals surface area contributed by atoms with Crippen molar-refractivity contribution in [2.75, 3.05) is 6.61 Å². The van der Waals surface area contributed by atoms with E-state index >= 15 is 0 Å². The highest BCUT2D eigenvalue weighted by Gasteiger charge is 2.11. The molecule has 0 N–H and O–H groups in total. The maximum atomic E-state index is 9.82. The predicted molar refractivity (Wildman–Crippen MR) is 65.7 cm³/mol. The smallest absolute Gasteiger partial charge is 0.302 e. The fourth-order valence-corrected chi connectivity index (χ4v) is 1.12. The average molecular weight is 214 g/mol. The molecular formula is C13H26O2. The number of rotatable bonds is 1. The van der Waals surface area contributed by atoms with Crippen LogP contribution in [0.5, 0.6) is 0 Å². The van der Waals surface area contributed by atoms with Gasteiger partial charge in [-0.25, -0.2) is 0 Å². The Kier molecular flexibility index (Phi) is 12.5. The molecule has 2 nitrogen and oxygen atoms in total. The van der Waals surface area contributed by atoms with Crippen molar-refractivity contribution in [3.05, 3.63) is 12.2 Å². The summed E-state index contributed by atoms with van der Waals surface area (Å²) in [6.07, 6.45) is 5.86. The van der Waals surface area contributed by atoms with Crippen LogP contribution in [0.3, 0.4) is 0 Å². The van der Waals surface area contributed by atoms with Gasteiger partial charge in [0.1, 0.15) is 0 Å². The second-order valence-corrected chi connectivity index (χ2v) is 3.42. The molecule has 0 heterocycles. The van der Waals surface area contributed by atoms with Crippen molar-refractivity contribution in [2.24, 2.45) is 11.8 Å². The van der Waals surface area contributed by atoms with Crippen molar-refractivity contribution in [1.29, 1.82) is 0 Å². The third kappa shape index (κ3) is 11.1. The Balaban J connectivity index is 0.